The summed E-state index contributed by atoms with van der Waals surface area (Å²) < 4.78 is 1.39. The summed E-state index contributed by atoms with van der Waals surface area (Å²) in [5.41, 5.74) is 0.979. The van der Waals surface area contributed by atoms with Crippen LogP contribution in [0.15, 0.2) is 6.07 Å². The Bertz CT molecular complexity index is 485. The molecule has 2 N–H and O–H groups in total. The van der Waals surface area contributed by atoms with Crippen molar-refractivity contribution in [3.8, 4) is 12.3 Å². The van der Waals surface area contributed by atoms with Gasteiger partial charge in [0.2, 0.25) is 0 Å². The largest absolute Gasteiger partial charge is 0.480 e. The quantitative estimate of drug-likeness (QED) is 0.716. The van der Waals surface area contributed by atoms with Crippen molar-refractivity contribution in [2.24, 2.45) is 7.05 Å². The van der Waals surface area contributed by atoms with E-state index in [2.05, 4.69) is 16.3 Å². The third-order valence-electron chi connectivity index (χ3n) is 2.16. The number of carbonyl (C=O) groups is 2. The smallest absolute Gasteiger partial charge is 0.327 e. The Balaban J connectivity index is 2.81. The lowest BCUT2D eigenvalue weighted by Gasteiger charge is -2.11. The molecule has 1 aromatic heterocycles. The van der Waals surface area contributed by atoms with E-state index in [9.17, 15) is 9.59 Å². The molecule has 0 radical (unpaired) electrons. The predicted molar refractivity (Wildman–Crippen MR) is 60.3 cm³/mol. The van der Waals surface area contributed by atoms with Crippen LogP contribution in [0.1, 0.15) is 22.6 Å². The molecule has 1 aromatic rings. The summed E-state index contributed by atoms with van der Waals surface area (Å²) >= 11 is 0. The van der Waals surface area contributed by atoms with Crippen molar-refractivity contribution in [2.45, 2.75) is 19.4 Å². The van der Waals surface area contributed by atoms with Crippen molar-refractivity contribution >= 4 is 11.9 Å². The van der Waals surface area contributed by atoms with Crippen molar-refractivity contribution in [3.63, 3.8) is 0 Å². The molecule has 1 heterocycles. The van der Waals surface area contributed by atoms with Crippen LogP contribution in [0.2, 0.25) is 0 Å². The van der Waals surface area contributed by atoms with Gasteiger partial charge in [0.15, 0.2) is 0 Å². The molecule has 0 saturated heterocycles. The van der Waals surface area contributed by atoms with Crippen LogP contribution in [-0.2, 0) is 11.8 Å². The van der Waals surface area contributed by atoms with Gasteiger partial charge in [-0.25, -0.2) is 4.79 Å². The second-order valence-corrected chi connectivity index (χ2v) is 3.57. The summed E-state index contributed by atoms with van der Waals surface area (Å²) in [5.74, 6) is 0.547. The number of rotatable bonds is 4. The number of carboxylic acids is 1. The summed E-state index contributed by atoms with van der Waals surface area (Å²) in [7, 11) is 1.61. The first-order chi connectivity index (χ1) is 7.95. The first-order valence-electron chi connectivity index (χ1n) is 4.93. The fourth-order valence-corrected chi connectivity index (χ4v) is 1.37. The lowest BCUT2D eigenvalue weighted by Crippen LogP contribution is -2.41. The minimum absolute atomic E-state index is 0.0576. The number of aromatic nitrogens is 2. The highest BCUT2D eigenvalue weighted by molar-refractivity contribution is 5.95. The Labute approximate surface area is 98.6 Å². The zero-order valence-corrected chi connectivity index (χ0v) is 9.60. The van der Waals surface area contributed by atoms with Crippen molar-refractivity contribution in [1.29, 1.82) is 0 Å². The van der Waals surface area contributed by atoms with Gasteiger partial charge in [-0.1, -0.05) is 0 Å². The Kier molecular flexibility index (Phi) is 3.88. The Morgan fingerprint density at radius 2 is 2.35 bits per heavy atom. The molecule has 0 aliphatic rings. The molecule has 1 amide bonds. The van der Waals surface area contributed by atoms with Crippen LogP contribution in [0, 0.1) is 19.3 Å². The number of aliphatic carboxylic acids is 1. The Hall–Kier alpha value is -2.29. The Morgan fingerprint density at radius 3 is 2.76 bits per heavy atom. The molecule has 1 rings (SSSR count). The second-order valence-electron chi connectivity index (χ2n) is 3.57. The Morgan fingerprint density at radius 1 is 1.71 bits per heavy atom. The van der Waals surface area contributed by atoms with Gasteiger partial charge in [-0.3, -0.25) is 9.48 Å². The summed E-state index contributed by atoms with van der Waals surface area (Å²) in [5, 5.41) is 15.2. The molecule has 0 bridgehead atoms. The second kappa shape index (κ2) is 5.16. The van der Waals surface area contributed by atoms with Gasteiger partial charge in [0.05, 0.1) is 5.69 Å². The number of terminal acetylenes is 1. The third-order valence-corrected chi connectivity index (χ3v) is 2.16. The highest BCUT2D eigenvalue weighted by atomic mass is 16.4. The van der Waals surface area contributed by atoms with Crippen LogP contribution in [0.25, 0.3) is 0 Å². The van der Waals surface area contributed by atoms with Gasteiger partial charge in [-0.15, -0.1) is 12.3 Å². The van der Waals surface area contributed by atoms with Gasteiger partial charge in [-0.2, -0.15) is 5.10 Å². The van der Waals surface area contributed by atoms with Gasteiger partial charge >= 0.3 is 5.97 Å². The van der Waals surface area contributed by atoms with Crippen LogP contribution in [-0.4, -0.2) is 32.8 Å². The lowest BCUT2D eigenvalue weighted by molar-refractivity contribution is -0.139. The number of nitrogens with one attached hydrogen (secondary N) is 1. The van der Waals surface area contributed by atoms with E-state index in [0.717, 1.165) is 0 Å². The molecule has 0 spiro atoms. The maximum Gasteiger partial charge on any atom is 0.327 e. The van der Waals surface area contributed by atoms with E-state index in [1.165, 1.54) is 4.68 Å². The summed E-state index contributed by atoms with van der Waals surface area (Å²) in [6.07, 6.45) is 4.98. The van der Waals surface area contributed by atoms with E-state index >= 15 is 0 Å². The summed E-state index contributed by atoms with van der Waals surface area (Å²) in [6, 6.07) is 0.493. The third kappa shape index (κ3) is 3.08. The minimum atomic E-state index is -1.16. The van der Waals surface area contributed by atoms with E-state index in [1.807, 2.05) is 0 Å². The fourth-order valence-electron chi connectivity index (χ4n) is 1.37. The van der Waals surface area contributed by atoms with E-state index in [4.69, 9.17) is 11.5 Å². The average Bonchev–Trinajstić information content (AvgIpc) is 2.57. The van der Waals surface area contributed by atoms with E-state index in [0.29, 0.717) is 11.4 Å². The van der Waals surface area contributed by atoms with Crippen LogP contribution < -0.4 is 5.32 Å². The number of aryl methyl sites for hydroxylation is 2. The molecule has 1 unspecified atom stereocenters. The topological polar surface area (TPSA) is 84.2 Å². The minimum Gasteiger partial charge on any atom is -0.480 e. The van der Waals surface area contributed by atoms with Gasteiger partial charge in [-0.05, 0) is 13.0 Å². The van der Waals surface area contributed by atoms with E-state index < -0.39 is 17.9 Å². The lowest BCUT2D eigenvalue weighted by atomic mass is 10.2. The summed E-state index contributed by atoms with van der Waals surface area (Å²) in [6.45, 7) is 1.74. The standard InChI is InChI=1S/C11H13N3O3/c1-4-5-8(11(16)17)12-10(15)9-6-7(2)13-14(9)3/h1,6,8H,5H2,2-3H3,(H,12,15)(H,16,17). The molecule has 17 heavy (non-hydrogen) atoms. The maximum absolute atomic E-state index is 11.8. The molecule has 0 aliphatic carbocycles. The van der Waals surface area contributed by atoms with Crippen molar-refractivity contribution < 1.29 is 14.7 Å². The molecule has 6 nitrogen and oxygen atoms in total. The van der Waals surface area contributed by atoms with Gasteiger partial charge in [0, 0.05) is 13.5 Å². The van der Waals surface area contributed by atoms with Crippen molar-refractivity contribution in [1.82, 2.24) is 15.1 Å². The average molecular weight is 235 g/mol. The molecule has 0 aliphatic heterocycles. The van der Waals surface area contributed by atoms with Crippen molar-refractivity contribution in [2.75, 3.05) is 0 Å². The molecule has 0 aromatic carbocycles. The fraction of sp³-hybridized carbons (Fsp3) is 0.364. The number of amides is 1. The highest BCUT2D eigenvalue weighted by Crippen LogP contribution is 2.03. The molecular weight excluding hydrogens is 222 g/mol. The van der Waals surface area contributed by atoms with Gasteiger partial charge in [0.25, 0.3) is 5.91 Å². The number of hydrogen-bond donors (Lipinski definition) is 2. The number of carboxylic acid groups (broad SMARTS) is 1. The predicted octanol–water partition coefficient (Wildman–Crippen LogP) is -0.0652. The number of hydrogen-bond acceptors (Lipinski definition) is 3. The normalized spacial score (nSPS) is 11.6. The van der Waals surface area contributed by atoms with Crippen LogP contribution in [0.3, 0.4) is 0 Å². The first kappa shape index (κ1) is 12.8. The summed E-state index contributed by atoms with van der Waals surface area (Å²) in [4.78, 5) is 22.6. The van der Waals surface area contributed by atoms with Crippen LogP contribution in [0.4, 0.5) is 0 Å². The monoisotopic (exact) mass is 235 g/mol. The molecule has 0 fully saturated rings. The molecule has 6 heteroatoms. The van der Waals surface area contributed by atoms with Crippen molar-refractivity contribution in [3.05, 3.63) is 17.5 Å². The van der Waals surface area contributed by atoms with E-state index in [1.54, 1.807) is 20.0 Å². The maximum atomic E-state index is 11.8. The molecule has 90 valence electrons. The molecular formula is C11H13N3O3. The SMILES string of the molecule is C#CCC(NC(=O)c1cc(C)nn1C)C(=O)O. The molecule has 1 atom stereocenters. The van der Waals surface area contributed by atoms with Crippen LogP contribution >= 0.6 is 0 Å². The molecule has 0 saturated carbocycles. The highest BCUT2D eigenvalue weighted by Gasteiger charge is 2.21. The number of nitrogens with zero attached hydrogens (tertiary/aromatic N) is 2. The first-order valence-corrected chi connectivity index (χ1v) is 4.93. The zero-order valence-electron chi connectivity index (χ0n) is 9.60. The zero-order chi connectivity index (χ0) is 13.0. The van der Waals surface area contributed by atoms with Gasteiger partial charge < -0.3 is 10.4 Å². The van der Waals surface area contributed by atoms with Gasteiger partial charge in [0.1, 0.15) is 11.7 Å². The number of carbonyl (C=O) groups excluding carboxylic acids is 1. The van der Waals surface area contributed by atoms with Crippen LogP contribution in [0.5, 0.6) is 0 Å². The van der Waals surface area contributed by atoms with E-state index in [-0.39, 0.29) is 6.42 Å².